The summed E-state index contributed by atoms with van der Waals surface area (Å²) in [6.07, 6.45) is 4.35. The van der Waals surface area contributed by atoms with Crippen LogP contribution < -0.4 is 4.74 Å². The number of nitrogens with one attached hydrogen (secondary N) is 1. The number of rotatable bonds is 5. The zero-order chi connectivity index (χ0) is 26.2. The normalized spacial score (nSPS) is 22.4. The molecule has 182 valence electrons. The molecule has 0 bridgehead atoms. The van der Waals surface area contributed by atoms with Crippen LogP contribution in [0.15, 0.2) is 29.8 Å². The van der Waals surface area contributed by atoms with Gasteiger partial charge >= 0.3 is 5.69 Å². The summed E-state index contributed by atoms with van der Waals surface area (Å²) in [4.78, 5) is 11.0. The van der Waals surface area contributed by atoms with Crippen molar-refractivity contribution in [3.05, 3.63) is 62.5 Å². The van der Waals surface area contributed by atoms with E-state index in [1.165, 1.54) is 11.8 Å². The lowest BCUT2D eigenvalue weighted by Gasteiger charge is -2.45. The average Bonchev–Trinajstić information content (AvgIpc) is 3.15. The number of nitriles is 3. The van der Waals surface area contributed by atoms with Crippen molar-refractivity contribution in [3.63, 3.8) is 0 Å². The van der Waals surface area contributed by atoms with E-state index in [1.807, 2.05) is 12.1 Å². The number of hydrogen-bond acceptors (Lipinski definition) is 8. The van der Waals surface area contributed by atoms with Crippen LogP contribution in [0.4, 0.5) is 5.69 Å². The molecule has 2 aliphatic carbocycles. The second kappa shape index (κ2) is 9.28. The summed E-state index contributed by atoms with van der Waals surface area (Å²) in [5.41, 5.74) is 0.867. The van der Waals surface area contributed by atoms with Gasteiger partial charge in [0.15, 0.2) is 5.41 Å². The smallest absolute Gasteiger partial charge is 0.312 e. The summed E-state index contributed by atoms with van der Waals surface area (Å²) in [6, 6.07) is 11.7. The summed E-state index contributed by atoms with van der Waals surface area (Å²) in [6.45, 7) is 3.40. The number of nitrogens with zero attached hydrogens (tertiary/aromatic N) is 6. The molecule has 1 aromatic heterocycles. The van der Waals surface area contributed by atoms with Crippen molar-refractivity contribution in [2.45, 2.75) is 45.6 Å². The molecule has 3 atom stereocenters. The van der Waals surface area contributed by atoms with Gasteiger partial charge in [0, 0.05) is 11.5 Å². The lowest BCUT2D eigenvalue weighted by molar-refractivity contribution is -0.386. The van der Waals surface area contributed by atoms with Gasteiger partial charge in [-0.05, 0) is 62.3 Å². The minimum absolute atomic E-state index is 0.0432. The summed E-state index contributed by atoms with van der Waals surface area (Å²) in [7, 11) is 1.52. The van der Waals surface area contributed by atoms with Crippen LogP contribution in [0, 0.1) is 80.6 Å². The Bertz CT molecular complexity index is 1400. The van der Waals surface area contributed by atoms with Gasteiger partial charge in [0.25, 0.3) is 0 Å². The molecule has 4 rings (SSSR count). The van der Waals surface area contributed by atoms with Gasteiger partial charge in [-0.2, -0.15) is 20.9 Å². The number of aromatic nitrogens is 2. The number of methoxy groups -OCH3 is 1. The fourth-order valence-corrected chi connectivity index (χ4v) is 5.77. The largest absolute Gasteiger partial charge is 0.496 e. The predicted octanol–water partition coefficient (Wildman–Crippen LogP) is 4.48. The van der Waals surface area contributed by atoms with Crippen LogP contribution in [0.3, 0.4) is 0 Å². The highest BCUT2D eigenvalue weighted by Gasteiger charge is 2.57. The molecule has 1 saturated carbocycles. The highest BCUT2D eigenvalue weighted by molar-refractivity contribution is 6.00. The van der Waals surface area contributed by atoms with Crippen LogP contribution in [-0.2, 0) is 6.54 Å². The Hall–Kier alpha value is -4.49. The first-order valence-corrected chi connectivity index (χ1v) is 11.6. The lowest BCUT2D eigenvalue weighted by Crippen LogP contribution is -2.48. The lowest BCUT2D eigenvalue weighted by atomic mass is 9.53. The summed E-state index contributed by atoms with van der Waals surface area (Å²) >= 11 is 0. The predicted molar refractivity (Wildman–Crippen MR) is 129 cm³/mol. The molecule has 0 saturated heterocycles. The second-order valence-corrected chi connectivity index (χ2v) is 9.23. The van der Waals surface area contributed by atoms with E-state index < -0.39 is 22.2 Å². The Balaban J connectivity index is 1.87. The first-order valence-electron chi connectivity index (χ1n) is 11.6. The highest BCUT2D eigenvalue weighted by Crippen LogP contribution is 2.55. The maximum atomic E-state index is 11.5. The summed E-state index contributed by atoms with van der Waals surface area (Å²) in [5.74, 6) is -1.23. The van der Waals surface area contributed by atoms with Crippen LogP contribution in [0.1, 0.15) is 47.7 Å². The van der Waals surface area contributed by atoms with Gasteiger partial charge in [0.05, 0.1) is 42.5 Å². The van der Waals surface area contributed by atoms with Crippen molar-refractivity contribution in [2.75, 3.05) is 7.11 Å². The van der Waals surface area contributed by atoms with Crippen LogP contribution in [0.25, 0.3) is 0 Å². The summed E-state index contributed by atoms with van der Waals surface area (Å²) in [5, 5.41) is 54.8. The van der Waals surface area contributed by atoms with E-state index in [0.29, 0.717) is 34.7 Å². The number of ether oxygens (including phenoxy) is 1. The molecule has 1 heterocycles. The third kappa shape index (κ3) is 3.61. The van der Waals surface area contributed by atoms with Gasteiger partial charge in [-0.3, -0.25) is 14.8 Å². The van der Waals surface area contributed by atoms with E-state index in [1.54, 1.807) is 26.0 Å². The molecule has 0 aliphatic heterocycles. The van der Waals surface area contributed by atoms with Crippen LogP contribution in [-0.4, -0.2) is 27.5 Å². The Kier molecular flexibility index (Phi) is 6.35. The maximum Gasteiger partial charge on any atom is 0.312 e. The fourth-order valence-electron chi connectivity index (χ4n) is 5.77. The van der Waals surface area contributed by atoms with Gasteiger partial charge in [-0.15, -0.1) is 0 Å². The highest BCUT2D eigenvalue weighted by atomic mass is 16.6. The van der Waals surface area contributed by atoms with Crippen molar-refractivity contribution in [1.29, 1.82) is 21.2 Å². The molecule has 10 heteroatoms. The van der Waals surface area contributed by atoms with Crippen molar-refractivity contribution in [3.8, 4) is 24.0 Å². The zero-order valence-electron chi connectivity index (χ0n) is 20.3. The monoisotopic (exact) mass is 483 g/mol. The Morgan fingerprint density at radius 2 is 2.03 bits per heavy atom. The van der Waals surface area contributed by atoms with E-state index in [-0.39, 0.29) is 23.9 Å². The van der Waals surface area contributed by atoms with Gasteiger partial charge in [0.1, 0.15) is 23.1 Å². The SMILES string of the molecule is COc1ccc([C@@H]2[C@H]3CCCC=C3[C@H](C#N)C(=N)C2(C#N)C#N)cc1Cn1nc(C)c([N+](=O)[O-])c1C. The first-order chi connectivity index (χ1) is 17.2. The molecule has 0 radical (unpaired) electrons. The maximum absolute atomic E-state index is 11.5. The van der Waals surface area contributed by atoms with Crippen molar-refractivity contribution >= 4 is 11.4 Å². The van der Waals surface area contributed by atoms with E-state index >= 15 is 0 Å². The molecular formula is C26H25N7O3. The Labute approximate surface area is 208 Å². The van der Waals surface area contributed by atoms with E-state index in [9.17, 15) is 25.9 Å². The molecular weight excluding hydrogens is 458 g/mol. The van der Waals surface area contributed by atoms with Crippen molar-refractivity contribution < 1.29 is 9.66 Å². The Morgan fingerprint density at radius 1 is 1.31 bits per heavy atom. The standard InChI is InChI=1S/C26H25N7O3/c1-15-24(33(34)35)16(2)32(31-15)12-18-10-17(8-9-22(18)36-3)23-20-7-5-4-6-19(20)21(11-27)25(30)26(23,13-28)14-29/h6,8-10,20-21,23,30H,4-5,7,12H2,1-3H3/t20-,21-,23+/m0/s1. The van der Waals surface area contributed by atoms with Gasteiger partial charge in [-0.1, -0.05) is 12.1 Å². The number of hydrogen-bond donors (Lipinski definition) is 1. The number of aryl methyl sites for hydroxylation is 1. The molecule has 1 N–H and O–H groups in total. The van der Waals surface area contributed by atoms with Crippen LogP contribution in [0.5, 0.6) is 5.75 Å². The topological polar surface area (TPSA) is 165 Å². The zero-order valence-corrected chi connectivity index (χ0v) is 20.3. The van der Waals surface area contributed by atoms with E-state index in [0.717, 1.165) is 18.4 Å². The third-order valence-electron chi connectivity index (χ3n) is 7.43. The molecule has 1 fully saturated rings. The number of benzene rings is 1. The molecule has 36 heavy (non-hydrogen) atoms. The minimum Gasteiger partial charge on any atom is -0.496 e. The Morgan fingerprint density at radius 3 is 2.61 bits per heavy atom. The van der Waals surface area contributed by atoms with Crippen molar-refractivity contribution in [1.82, 2.24) is 9.78 Å². The first kappa shape index (κ1) is 24.6. The second-order valence-electron chi connectivity index (χ2n) is 9.23. The molecule has 0 spiro atoms. The summed E-state index contributed by atoms with van der Waals surface area (Å²) < 4.78 is 7.09. The third-order valence-corrected chi connectivity index (χ3v) is 7.43. The number of nitro groups is 1. The van der Waals surface area contributed by atoms with Crippen LogP contribution in [0.2, 0.25) is 0 Å². The molecule has 2 aliphatic rings. The molecule has 1 aromatic carbocycles. The van der Waals surface area contributed by atoms with Gasteiger partial charge in [-0.25, -0.2) is 0 Å². The number of allylic oxidation sites excluding steroid dienone is 2. The minimum atomic E-state index is -1.79. The van der Waals surface area contributed by atoms with E-state index in [2.05, 4.69) is 23.3 Å². The average molecular weight is 484 g/mol. The van der Waals surface area contributed by atoms with Gasteiger partial charge in [0.2, 0.25) is 0 Å². The quantitative estimate of drug-likeness (QED) is 0.372. The molecule has 0 unspecified atom stereocenters. The molecule has 2 aromatic rings. The number of fused-ring (bicyclic) bond motifs is 1. The molecule has 10 nitrogen and oxygen atoms in total. The van der Waals surface area contributed by atoms with Crippen molar-refractivity contribution in [2.24, 2.45) is 17.3 Å². The van der Waals surface area contributed by atoms with Gasteiger partial charge < -0.3 is 10.1 Å². The van der Waals surface area contributed by atoms with Crippen LogP contribution >= 0.6 is 0 Å². The molecule has 0 amide bonds. The fraction of sp³-hybridized carbons (Fsp3) is 0.423. The van der Waals surface area contributed by atoms with E-state index in [4.69, 9.17) is 10.1 Å².